The minimum absolute atomic E-state index is 0.0676. The van der Waals surface area contributed by atoms with Crippen molar-refractivity contribution >= 4 is 34.5 Å². The van der Waals surface area contributed by atoms with Gasteiger partial charge in [-0.25, -0.2) is 14.2 Å². The highest BCUT2D eigenvalue weighted by Crippen LogP contribution is 2.35. The number of hydrogen-bond acceptors (Lipinski definition) is 4. The van der Waals surface area contributed by atoms with Gasteiger partial charge in [-0.2, -0.15) is 0 Å². The van der Waals surface area contributed by atoms with Gasteiger partial charge >= 0.3 is 5.97 Å². The summed E-state index contributed by atoms with van der Waals surface area (Å²) in [5, 5.41) is 8.73. The van der Waals surface area contributed by atoms with Gasteiger partial charge in [0.25, 0.3) is 0 Å². The molecular formula is C44H65ClFNO4. The van der Waals surface area contributed by atoms with E-state index in [-0.39, 0.29) is 27.7 Å². The van der Waals surface area contributed by atoms with Gasteiger partial charge in [-0.15, -0.1) is 0 Å². The van der Waals surface area contributed by atoms with Crippen LogP contribution in [0.25, 0.3) is 22.4 Å². The van der Waals surface area contributed by atoms with E-state index < -0.39 is 11.8 Å². The van der Waals surface area contributed by atoms with Crippen molar-refractivity contribution in [2.45, 2.75) is 141 Å². The van der Waals surface area contributed by atoms with Crippen LogP contribution in [0, 0.1) is 17.2 Å². The molecule has 0 bridgehead atoms. The van der Waals surface area contributed by atoms with Crippen LogP contribution in [0.3, 0.4) is 0 Å². The fourth-order valence-corrected chi connectivity index (χ4v) is 4.67. The summed E-state index contributed by atoms with van der Waals surface area (Å²) in [5.41, 5.74) is 5.76. The Morgan fingerprint density at radius 3 is 1.94 bits per heavy atom. The number of carboxylic acid groups (broad SMARTS) is 1. The number of carbonyl (C=O) groups excluding carboxylic acids is 1. The second kappa shape index (κ2) is 22.4. The number of benzene rings is 1. The van der Waals surface area contributed by atoms with Crippen molar-refractivity contribution < 1.29 is 23.5 Å². The molecule has 0 spiro atoms. The lowest BCUT2D eigenvalue weighted by atomic mass is 9.86. The maximum Gasteiger partial charge on any atom is 0.335 e. The fourth-order valence-electron chi connectivity index (χ4n) is 4.55. The summed E-state index contributed by atoms with van der Waals surface area (Å²) in [4.78, 5) is 27.5. The number of unbranched alkanes of at least 4 members (excludes halogenated alkanes) is 1. The number of carbonyl (C=O) groups is 2. The molecule has 1 aromatic carbocycles. The SMILES string of the molecule is C=C(C(=O)O)/C(C)=C\C=C(\C)CCC.CC(C)C(=O)c1cc2nc(-c3ccc(Cl)c(F)c3)cc(C(C)(C)C)c2o1.CCCC.CCCC(C)(C)C. The van der Waals surface area contributed by atoms with E-state index in [1.54, 1.807) is 25.1 Å². The lowest BCUT2D eigenvalue weighted by Crippen LogP contribution is -2.12. The minimum atomic E-state index is -0.958. The van der Waals surface area contributed by atoms with Gasteiger partial charge in [0.2, 0.25) is 5.78 Å². The molecule has 284 valence electrons. The molecule has 2 heterocycles. The maximum absolute atomic E-state index is 13.9. The summed E-state index contributed by atoms with van der Waals surface area (Å²) in [6.07, 6.45) is 11.2. The molecule has 0 amide bonds. The number of carboxylic acids is 1. The normalized spacial score (nSPS) is 11.9. The first kappa shape index (κ1) is 47.5. The van der Waals surface area contributed by atoms with Crippen LogP contribution in [0.15, 0.2) is 70.2 Å². The molecular weight excluding hydrogens is 661 g/mol. The van der Waals surface area contributed by atoms with Gasteiger partial charge in [0.15, 0.2) is 11.3 Å². The van der Waals surface area contributed by atoms with E-state index in [1.807, 2.05) is 32.9 Å². The highest BCUT2D eigenvalue weighted by molar-refractivity contribution is 6.30. The summed E-state index contributed by atoms with van der Waals surface area (Å²) < 4.78 is 19.8. The van der Waals surface area contributed by atoms with Crippen molar-refractivity contribution in [2.75, 3.05) is 0 Å². The van der Waals surface area contributed by atoms with Crippen LogP contribution in [0.2, 0.25) is 5.02 Å². The van der Waals surface area contributed by atoms with Crippen LogP contribution >= 0.6 is 11.6 Å². The smallest absolute Gasteiger partial charge is 0.335 e. The van der Waals surface area contributed by atoms with E-state index in [9.17, 15) is 14.0 Å². The average molecular weight is 726 g/mol. The molecule has 0 radical (unpaired) electrons. The van der Waals surface area contributed by atoms with Crippen LogP contribution in [-0.2, 0) is 10.2 Å². The predicted molar refractivity (Wildman–Crippen MR) is 216 cm³/mol. The number of ketones is 1. The van der Waals surface area contributed by atoms with Crippen LogP contribution in [-0.4, -0.2) is 21.8 Å². The molecule has 0 fully saturated rings. The number of nitrogens with zero attached hydrogens (tertiary/aromatic N) is 1. The van der Waals surface area contributed by atoms with Gasteiger partial charge in [0, 0.05) is 23.1 Å². The first-order valence-electron chi connectivity index (χ1n) is 18.3. The lowest BCUT2D eigenvalue weighted by molar-refractivity contribution is -0.132. The molecule has 2 aromatic heterocycles. The van der Waals surface area contributed by atoms with Gasteiger partial charge in [-0.05, 0) is 61.3 Å². The quantitative estimate of drug-likeness (QED) is 0.128. The molecule has 3 aromatic rings. The number of fused-ring (bicyclic) bond motifs is 1. The average Bonchev–Trinajstić information content (AvgIpc) is 3.47. The molecule has 51 heavy (non-hydrogen) atoms. The zero-order valence-corrected chi connectivity index (χ0v) is 34.7. The second-order valence-corrected chi connectivity index (χ2v) is 15.9. The molecule has 0 aliphatic carbocycles. The minimum Gasteiger partial charge on any atom is -0.478 e. The van der Waals surface area contributed by atoms with E-state index >= 15 is 0 Å². The Balaban J connectivity index is 0.000000836. The number of halogens is 2. The van der Waals surface area contributed by atoms with Crippen molar-refractivity contribution in [1.29, 1.82) is 0 Å². The van der Waals surface area contributed by atoms with Gasteiger partial charge in [0.05, 0.1) is 16.3 Å². The third kappa shape index (κ3) is 17.5. The Morgan fingerprint density at radius 1 is 0.941 bits per heavy atom. The fraction of sp³-hybridized carbons (Fsp3) is 0.523. The first-order chi connectivity index (χ1) is 23.5. The zero-order chi connectivity index (χ0) is 39.7. The van der Waals surface area contributed by atoms with Crippen LogP contribution in [0.5, 0.6) is 0 Å². The van der Waals surface area contributed by atoms with Crippen LogP contribution in [0.1, 0.15) is 152 Å². The Morgan fingerprint density at radius 2 is 1.53 bits per heavy atom. The number of allylic oxidation sites excluding steroid dienone is 3. The summed E-state index contributed by atoms with van der Waals surface area (Å²) >= 11 is 5.79. The molecule has 3 rings (SSSR count). The maximum atomic E-state index is 13.9. The molecule has 5 nitrogen and oxygen atoms in total. The third-order valence-electron chi connectivity index (χ3n) is 7.77. The summed E-state index contributed by atoms with van der Waals surface area (Å²) in [5.74, 6) is -1.39. The third-order valence-corrected chi connectivity index (χ3v) is 8.07. The van der Waals surface area contributed by atoms with E-state index in [1.165, 1.54) is 43.4 Å². The summed E-state index contributed by atoms with van der Waals surface area (Å²) in [6, 6.07) is 8.16. The summed E-state index contributed by atoms with van der Waals surface area (Å²) in [7, 11) is 0. The van der Waals surface area contributed by atoms with Gasteiger partial charge < -0.3 is 9.52 Å². The van der Waals surface area contributed by atoms with Crippen molar-refractivity contribution in [2.24, 2.45) is 11.3 Å². The predicted octanol–water partition coefficient (Wildman–Crippen LogP) is 14.4. The molecule has 7 heteroatoms. The molecule has 0 unspecified atom stereocenters. The molecule has 0 saturated heterocycles. The molecule has 0 atom stereocenters. The van der Waals surface area contributed by atoms with Gasteiger partial charge in [-0.1, -0.05) is 151 Å². The molecule has 0 aliphatic heterocycles. The first-order valence-corrected chi connectivity index (χ1v) is 18.6. The number of Topliss-reactive ketones (excluding diaryl/α,β-unsaturated/α-hetero) is 1. The largest absolute Gasteiger partial charge is 0.478 e. The highest BCUT2D eigenvalue weighted by atomic mass is 35.5. The topological polar surface area (TPSA) is 80.4 Å². The van der Waals surface area contributed by atoms with Crippen LogP contribution < -0.4 is 0 Å². The van der Waals surface area contributed by atoms with Crippen LogP contribution in [0.4, 0.5) is 4.39 Å². The lowest BCUT2D eigenvalue weighted by Gasteiger charge is -2.20. The Labute approximate surface area is 313 Å². The Hall–Kier alpha value is -3.51. The number of aliphatic carboxylic acids is 1. The van der Waals surface area contributed by atoms with E-state index in [4.69, 9.17) is 21.1 Å². The number of rotatable bonds is 10. The molecule has 0 saturated carbocycles. The van der Waals surface area contributed by atoms with E-state index in [2.05, 4.69) is 80.8 Å². The van der Waals surface area contributed by atoms with Crippen molar-refractivity contribution in [3.63, 3.8) is 0 Å². The zero-order valence-electron chi connectivity index (χ0n) is 33.9. The Bertz CT molecular complexity index is 1630. The van der Waals surface area contributed by atoms with Gasteiger partial charge in [-0.3, -0.25) is 4.79 Å². The number of hydrogen-bond donors (Lipinski definition) is 1. The molecule has 0 aliphatic rings. The van der Waals surface area contributed by atoms with Gasteiger partial charge in [0.1, 0.15) is 11.3 Å². The summed E-state index contributed by atoms with van der Waals surface area (Å²) in [6.45, 7) is 32.6. The Kier molecular flexibility index (Phi) is 20.9. The van der Waals surface area contributed by atoms with Crippen molar-refractivity contribution in [3.05, 3.63) is 87.9 Å². The number of furan rings is 1. The van der Waals surface area contributed by atoms with Crippen molar-refractivity contribution in [1.82, 2.24) is 4.98 Å². The second-order valence-electron chi connectivity index (χ2n) is 15.5. The molecule has 1 N–H and O–H groups in total. The number of pyridine rings is 1. The number of aromatic nitrogens is 1. The standard InChI is InChI=1S/C21H21ClFNO2.C12H18O2.C7H16.C4H10/c1-11(2)19(25)18-10-17-20(26-18)13(21(3,4)5)9-16(24-17)12-6-7-14(22)15(23)8-12;1-5-6-9(2)7-8-10(3)11(4)12(13)14;1-5-6-7(2,3)4;1-3-4-2/h6-11H,1-5H3;7-8H,4-6H2,1-3H3,(H,13,14);5-6H2,1-4H3;3-4H2,1-2H3/b;9-7-,10-8-;;. The highest BCUT2D eigenvalue weighted by Gasteiger charge is 2.25. The van der Waals surface area contributed by atoms with E-state index in [0.717, 1.165) is 18.4 Å². The van der Waals surface area contributed by atoms with E-state index in [0.29, 0.717) is 39.1 Å². The monoisotopic (exact) mass is 725 g/mol. The van der Waals surface area contributed by atoms with Crippen molar-refractivity contribution in [3.8, 4) is 11.3 Å².